The van der Waals surface area contributed by atoms with Crippen LogP contribution in [0.25, 0.3) is 0 Å². The summed E-state index contributed by atoms with van der Waals surface area (Å²) in [6, 6.07) is 7.26. The molecule has 0 atom stereocenters. The minimum atomic E-state index is -4.85. The molecule has 2 aliphatic heterocycles. The maximum Gasteiger partial charge on any atom is 0.573 e. The number of likely N-dealkylation sites (tertiary alicyclic amines) is 1. The molecule has 3 heterocycles. The minimum absolute atomic E-state index is 0.0585. The van der Waals surface area contributed by atoms with E-state index < -0.39 is 29.6 Å². The highest BCUT2D eigenvalue weighted by atomic mass is 19.4. The zero-order chi connectivity index (χ0) is 27.0. The van der Waals surface area contributed by atoms with Gasteiger partial charge in [-0.2, -0.15) is 0 Å². The second-order valence-electron chi connectivity index (χ2n) is 9.73. The van der Waals surface area contributed by atoms with Crippen LogP contribution >= 0.6 is 0 Å². The number of nitrogens with one attached hydrogen (secondary N) is 1. The van der Waals surface area contributed by atoms with Crippen molar-refractivity contribution in [3.05, 3.63) is 48.2 Å². The van der Waals surface area contributed by atoms with Gasteiger partial charge in [-0.15, -0.1) is 13.2 Å². The van der Waals surface area contributed by atoms with Gasteiger partial charge in [0.15, 0.2) is 0 Å². The molecule has 0 unspecified atom stereocenters. The largest absolute Gasteiger partial charge is 0.573 e. The van der Waals surface area contributed by atoms with E-state index in [1.807, 2.05) is 7.05 Å². The molecule has 0 radical (unpaired) electrons. The van der Waals surface area contributed by atoms with E-state index in [-0.39, 0.29) is 24.1 Å². The van der Waals surface area contributed by atoms with Crippen LogP contribution in [0.5, 0.6) is 5.75 Å². The molecule has 1 N–H and O–H groups in total. The molecule has 198 valence electrons. The first-order valence-corrected chi connectivity index (χ1v) is 11.8. The number of ether oxygens (including phenoxy) is 1. The number of pyridine rings is 1. The molecule has 0 aliphatic carbocycles. The first-order chi connectivity index (χ1) is 17.3. The Balaban J connectivity index is 1.47. The SMILES string of the molecule is CN1CCC(C(=O)Nc2cc(CN3C(=O)N(c4ccc(OC(F)(F)F)cc4)C(=O)C3(C)C)ccn2)CC1. The third kappa shape index (κ3) is 5.85. The summed E-state index contributed by atoms with van der Waals surface area (Å²) < 4.78 is 41.2. The van der Waals surface area contributed by atoms with Crippen molar-refractivity contribution < 1.29 is 32.3 Å². The molecule has 1 aromatic carbocycles. The summed E-state index contributed by atoms with van der Waals surface area (Å²) in [5.41, 5.74) is -0.446. The van der Waals surface area contributed by atoms with E-state index in [4.69, 9.17) is 0 Å². The summed E-state index contributed by atoms with van der Waals surface area (Å²) in [6.45, 7) is 4.94. The number of carbonyl (C=O) groups excluding carboxylic acids is 3. The Morgan fingerprint density at radius 1 is 1.14 bits per heavy atom. The van der Waals surface area contributed by atoms with Crippen LogP contribution in [0, 0.1) is 5.92 Å². The number of hydrogen-bond donors (Lipinski definition) is 1. The minimum Gasteiger partial charge on any atom is -0.406 e. The fourth-order valence-corrected chi connectivity index (χ4v) is 4.45. The van der Waals surface area contributed by atoms with Gasteiger partial charge in [0.05, 0.1) is 5.69 Å². The van der Waals surface area contributed by atoms with E-state index >= 15 is 0 Å². The van der Waals surface area contributed by atoms with E-state index in [2.05, 4.69) is 19.9 Å². The zero-order valence-electron chi connectivity index (χ0n) is 20.7. The third-order valence-corrected chi connectivity index (χ3v) is 6.66. The number of aromatic nitrogens is 1. The van der Waals surface area contributed by atoms with Crippen molar-refractivity contribution in [3.63, 3.8) is 0 Å². The highest BCUT2D eigenvalue weighted by molar-refractivity contribution is 6.22. The molecule has 0 bridgehead atoms. The zero-order valence-corrected chi connectivity index (χ0v) is 20.7. The summed E-state index contributed by atoms with van der Waals surface area (Å²) in [5, 5.41) is 2.85. The number of nitrogens with zero attached hydrogens (tertiary/aromatic N) is 4. The van der Waals surface area contributed by atoms with Crippen molar-refractivity contribution >= 4 is 29.4 Å². The molecule has 2 aromatic rings. The summed E-state index contributed by atoms with van der Waals surface area (Å²) in [6.07, 6.45) is -1.80. The maximum atomic E-state index is 13.3. The van der Waals surface area contributed by atoms with Crippen molar-refractivity contribution in [2.45, 2.75) is 45.1 Å². The van der Waals surface area contributed by atoms with Crippen molar-refractivity contribution in [1.82, 2.24) is 14.8 Å². The Kier molecular flexibility index (Phi) is 7.13. The lowest BCUT2D eigenvalue weighted by Gasteiger charge is -2.28. The van der Waals surface area contributed by atoms with Gasteiger partial charge in [0.2, 0.25) is 5.91 Å². The molecule has 37 heavy (non-hydrogen) atoms. The Labute approximate surface area is 212 Å². The van der Waals surface area contributed by atoms with E-state index in [1.54, 1.807) is 26.0 Å². The molecule has 4 amide bonds. The standard InChI is InChI=1S/C25H28F3N5O4/c1-24(2)22(35)33(18-4-6-19(7-5-18)37-25(26,27)28)23(36)32(24)15-16-8-11-29-20(14-16)30-21(34)17-9-12-31(3)13-10-17/h4-8,11,14,17H,9-10,12-13,15H2,1-3H3,(H,29,30,34). The number of rotatable bonds is 6. The van der Waals surface area contributed by atoms with Crippen LogP contribution < -0.4 is 15.0 Å². The van der Waals surface area contributed by atoms with Crippen LogP contribution in [0.4, 0.5) is 29.5 Å². The van der Waals surface area contributed by atoms with Crippen LogP contribution in [0.1, 0.15) is 32.3 Å². The summed E-state index contributed by atoms with van der Waals surface area (Å²) in [7, 11) is 2.02. The highest BCUT2D eigenvalue weighted by Gasteiger charge is 2.51. The molecule has 4 rings (SSSR count). The quantitative estimate of drug-likeness (QED) is 0.580. The second-order valence-corrected chi connectivity index (χ2v) is 9.73. The van der Waals surface area contributed by atoms with Crippen LogP contribution in [-0.4, -0.2) is 64.7 Å². The normalized spacial score (nSPS) is 18.9. The molecular weight excluding hydrogens is 491 g/mol. The molecule has 12 heteroatoms. The highest BCUT2D eigenvalue weighted by Crippen LogP contribution is 2.34. The van der Waals surface area contributed by atoms with Crippen LogP contribution in [0.3, 0.4) is 0 Å². The summed E-state index contributed by atoms with van der Waals surface area (Å²) >= 11 is 0. The lowest BCUT2D eigenvalue weighted by Crippen LogP contribution is -2.43. The number of benzene rings is 1. The van der Waals surface area contributed by atoms with Crippen LogP contribution in [0.2, 0.25) is 0 Å². The van der Waals surface area contributed by atoms with Crippen molar-refractivity contribution in [3.8, 4) is 5.75 Å². The molecule has 2 saturated heterocycles. The van der Waals surface area contributed by atoms with Gasteiger partial charge >= 0.3 is 12.4 Å². The van der Waals surface area contributed by atoms with Gasteiger partial charge < -0.3 is 19.9 Å². The lowest BCUT2D eigenvalue weighted by molar-refractivity contribution is -0.274. The third-order valence-electron chi connectivity index (χ3n) is 6.66. The van der Waals surface area contributed by atoms with Crippen molar-refractivity contribution in [2.24, 2.45) is 5.92 Å². The number of piperidine rings is 1. The number of hydrogen-bond acceptors (Lipinski definition) is 6. The number of amides is 4. The van der Waals surface area contributed by atoms with Crippen molar-refractivity contribution in [2.75, 3.05) is 30.4 Å². The monoisotopic (exact) mass is 519 g/mol. The van der Waals surface area contributed by atoms with Crippen molar-refractivity contribution in [1.29, 1.82) is 0 Å². The topological polar surface area (TPSA) is 95.1 Å². The number of alkyl halides is 3. The smallest absolute Gasteiger partial charge is 0.406 e. The first-order valence-electron chi connectivity index (χ1n) is 11.8. The van der Waals surface area contributed by atoms with Crippen LogP contribution in [0.15, 0.2) is 42.6 Å². The van der Waals surface area contributed by atoms with E-state index in [0.29, 0.717) is 11.4 Å². The number of halogens is 3. The van der Waals surface area contributed by atoms with E-state index in [9.17, 15) is 27.6 Å². The summed E-state index contributed by atoms with van der Waals surface area (Å²) in [4.78, 5) is 47.8. The van der Waals surface area contributed by atoms with Crippen LogP contribution in [-0.2, 0) is 16.1 Å². The van der Waals surface area contributed by atoms with Gasteiger partial charge in [-0.25, -0.2) is 14.7 Å². The molecule has 2 aliphatic rings. The Hall–Kier alpha value is -3.67. The number of imide groups is 1. The second kappa shape index (κ2) is 10.0. The Morgan fingerprint density at radius 3 is 2.41 bits per heavy atom. The van der Waals surface area contributed by atoms with Gasteiger partial charge in [-0.1, -0.05) is 0 Å². The fourth-order valence-electron chi connectivity index (χ4n) is 4.45. The van der Waals surface area contributed by atoms with Gasteiger partial charge in [-0.05, 0) is 88.8 Å². The molecule has 0 saturated carbocycles. The predicted molar refractivity (Wildman–Crippen MR) is 129 cm³/mol. The Bertz CT molecular complexity index is 1180. The van der Waals surface area contributed by atoms with Gasteiger partial charge in [0.1, 0.15) is 17.1 Å². The lowest BCUT2D eigenvalue weighted by atomic mass is 9.96. The first kappa shape index (κ1) is 26.4. The average molecular weight is 520 g/mol. The molecule has 1 aromatic heterocycles. The number of anilines is 2. The molecule has 9 nitrogen and oxygen atoms in total. The van der Waals surface area contributed by atoms with Gasteiger partial charge in [-0.3, -0.25) is 9.59 Å². The Morgan fingerprint density at radius 2 is 1.78 bits per heavy atom. The van der Waals surface area contributed by atoms with E-state index in [0.717, 1.165) is 43.0 Å². The number of urea groups is 1. The fraction of sp³-hybridized carbons (Fsp3) is 0.440. The maximum absolute atomic E-state index is 13.3. The molecule has 0 spiro atoms. The molecular formula is C25H28F3N5O4. The summed E-state index contributed by atoms with van der Waals surface area (Å²) in [5.74, 6) is -0.825. The average Bonchev–Trinajstić information content (AvgIpc) is 2.99. The molecule has 2 fully saturated rings. The van der Waals surface area contributed by atoms with Gasteiger partial charge in [0.25, 0.3) is 5.91 Å². The van der Waals surface area contributed by atoms with E-state index in [1.165, 1.54) is 23.2 Å². The van der Waals surface area contributed by atoms with Gasteiger partial charge in [0, 0.05) is 18.7 Å². The predicted octanol–water partition coefficient (Wildman–Crippen LogP) is 4.01. The number of carbonyl (C=O) groups is 3.